The first-order chi connectivity index (χ1) is 19.5. The molecule has 1 fully saturated rings. The van der Waals surface area contributed by atoms with Crippen molar-refractivity contribution in [2.75, 3.05) is 0 Å². The van der Waals surface area contributed by atoms with Crippen LogP contribution in [-0.2, 0) is 31.6 Å². The lowest BCUT2D eigenvalue weighted by atomic mass is 9.80. The maximum Gasteiger partial charge on any atom is 0.418 e. The lowest BCUT2D eigenvalue weighted by Gasteiger charge is -2.39. The molecule has 1 aliphatic carbocycles. The van der Waals surface area contributed by atoms with Crippen molar-refractivity contribution in [3.8, 4) is 0 Å². The van der Waals surface area contributed by atoms with Gasteiger partial charge in [-0.3, -0.25) is 9.59 Å². The van der Waals surface area contributed by atoms with Gasteiger partial charge in [-0.25, -0.2) is 18.1 Å². The molecule has 1 atom stereocenters. The second kappa shape index (κ2) is 12.0. The minimum atomic E-state index is -5.06. The molecule has 15 heteroatoms. The van der Waals surface area contributed by atoms with Crippen molar-refractivity contribution in [3.05, 3.63) is 57.0 Å². The summed E-state index contributed by atoms with van der Waals surface area (Å²) in [6, 6.07) is 6.10. The van der Waals surface area contributed by atoms with E-state index in [1.54, 1.807) is 19.1 Å². The molecule has 230 valence electrons. The quantitative estimate of drug-likeness (QED) is 0.183. The Bertz CT molecular complexity index is 1460. The summed E-state index contributed by atoms with van der Waals surface area (Å²) in [6.45, 7) is 1.75. The minimum Gasteiger partial charge on any atom is -0.332 e. The molecule has 2 aliphatic rings. The van der Waals surface area contributed by atoms with Gasteiger partial charge in [-0.15, -0.1) is 11.3 Å². The third-order valence-electron chi connectivity index (χ3n) is 7.16. The number of benzene rings is 1. The Hall–Kier alpha value is -2.94. The normalized spacial score (nSPS) is 20.0. The van der Waals surface area contributed by atoms with Gasteiger partial charge in [0.1, 0.15) is 10.6 Å². The lowest BCUT2D eigenvalue weighted by Crippen LogP contribution is -2.60. The van der Waals surface area contributed by atoms with Crippen molar-refractivity contribution in [1.82, 2.24) is 15.0 Å². The molecule has 2 amide bonds. The second-order valence-corrected chi connectivity index (χ2v) is 13.7. The summed E-state index contributed by atoms with van der Waals surface area (Å²) < 4.78 is 108. The van der Waals surface area contributed by atoms with Crippen LogP contribution in [0.4, 0.5) is 26.3 Å². The van der Waals surface area contributed by atoms with E-state index in [1.165, 1.54) is 18.3 Å². The molecule has 1 unspecified atom stereocenters. The average Bonchev–Trinajstić information content (AvgIpc) is 3.64. The van der Waals surface area contributed by atoms with Crippen molar-refractivity contribution in [2.24, 2.45) is 0 Å². The van der Waals surface area contributed by atoms with Gasteiger partial charge in [0.05, 0.1) is 5.25 Å². The highest BCUT2D eigenvalue weighted by Gasteiger charge is 2.62. The molecule has 0 spiro atoms. The number of unbranched alkanes of at least 4 members (excludes halogenated alkanes) is 3. The number of halogens is 6. The zero-order valence-corrected chi connectivity index (χ0v) is 24.1. The molecule has 0 radical (unpaired) electrons. The number of alkyl halides is 6. The van der Waals surface area contributed by atoms with E-state index in [9.17, 15) is 44.3 Å². The summed E-state index contributed by atoms with van der Waals surface area (Å²) in [6.07, 6.45) is -7.73. The fourth-order valence-corrected chi connectivity index (χ4v) is 7.10. The van der Waals surface area contributed by atoms with Crippen LogP contribution in [0.15, 0.2) is 36.0 Å². The smallest absolute Gasteiger partial charge is 0.332 e. The van der Waals surface area contributed by atoms with Gasteiger partial charge < -0.3 is 5.32 Å². The van der Waals surface area contributed by atoms with Gasteiger partial charge >= 0.3 is 12.4 Å². The van der Waals surface area contributed by atoms with E-state index < -0.39 is 68.4 Å². The van der Waals surface area contributed by atoms with Gasteiger partial charge in [0.15, 0.2) is 5.54 Å². The van der Waals surface area contributed by atoms with Gasteiger partial charge in [0.2, 0.25) is 10.0 Å². The predicted octanol–water partition coefficient (Wildman–Crippen LogP) is 5.85. The number of sulfonamides is 1. The second-order valence-electron chi connectivity index (χ2n) is 10.6. The standard InChI is InChI=1S/C27H29F6N3O4S2/c1-16-7-9-17(10-8-16)20-14-25(27(31,32)33,35-22(37)21(20)23(38)36-42(39,40)19-11-12-19)24-34-15-18(41-24)6-4-2-3-5-13-26(28,29)30/h7-10,15,19H,2-6,11-14H2,1H3,(H,35,37)(H,36,38). The summed E-state index contributed by atoms with van der Waals surface area (Å²) in [4.78, 5) is 30.8. The Morgan fingerprint density at radius 3 is 2.31 bits per heavy atom. The molecule has 2 aromatic rings. The molecule has 42 heavy (non-hydrogen) atoms. The number of aromatic nitrogens is 1. The molecular formula is C27H29F6N3O4S2. The number of rotatable bonds is 11. The molecule has 0 bridgehead atoms. The summed E-state index contributed by atoms with van der Waals surface area (Å²) >= 11 is 0.722. The Kier molecular flexibility index (Phi) is 9.12. The van der Waals surface area contributed by atoms with E-state index in [0.29, 0.717) is 43.4 Å². The maximum atomic E-state index is 14.9. The highest BCUT2D eigenvalue weighted by molar-refractivity contribution is 7.91. The number of aryl methyl sites for hydroxylation is 2. The molecule has 2 N–H and O–H groups in total. The first-order valence-corrected chi connectivity index (χ1v) is 15.7. The van der Waals surface area contributed by atoms with E-state index >= 15 is 0 Å². The molecule has 1 saturated carbocycles. The number of thiazole rings is 1. The van der Waals surface area contributed by atoms with Crippen LogP contribution in [0.5, 0.6) is 0 Å². The van der Waals surface area contributed by atoms with Crippen LogP contribution in [0.2, 0.25) is 0 Å². The highest BCUT2D eigenvalue weighted by Crippen LogP contribution is 2.49. The fraction of sp³-hybridized carbons (Fsp3) is 0.519. The first kappa shape index (κ1) is 32.0. The molecular weight excluding hydrogens is 608 g/mol. The third-order valence-corrected chi connectivity index (χ3v) is 10.2. The number of carbonyl (C=O) groups excluding carboxylic acids is 2. The van der Waals surface area contributed by atoms with E-state index in [0.717, 1.165) is 16.9 Å². The highest BCUT2D eigenvalue weighted by atomic mass is 32.2. The van der Waals surface area contributed by atoms with Crippen LogP contribution in [0.1, 0.15) is 72.4 Å². The monoisotopic (exact) mass is 637 g/mol. The Labute approximate surface area is 242 Å². The molecule has 2 heterocycles. The number of nitrogens with one attached hydrogen (secondary N) is 2. The summed E-state index contributed by atoms with van der Waals surface area (Å²) in [5, 5.41) is 0.665. The van der Waals surface area contributed by atoms with Gasteiger partial charge in [-0.2, -0.15) is 26.3 Å². The van der Waals surface area contributed by atoms with Crippen molar-refractivity contribution in [3.63, 3.8) is 0 Å². The number of amides is 2. The largest absolute Gasteiger partial charge is 0.418 e. The van der Waals surface area contributed by atoms with Crippen LogP contribution >= 0.6 is 11.3 Å². The molecule has 1 aliphatic heterocycles. The number of carbonyl (C=O) groups is 2. The Morgan fingerprint density at radius 1 is 1.07 bits per heavy atom. The van der Waals surface area contributed by atoms with Crippen LogP contribution in [0, 0.1) is 6.92 Å². The third kappa shape index (κ3) is 7.33. The van der Waals surface area contributed by atoms with Crippen LogP contribution in [0.25, 0.3) is 5.57 Å². The van der Waals surface area contributed by atoms with Gasteiger partial charge in [-0.1, -0.05) is 42.7 Å². The van der Waals surface area contributed by atoms with Crippen LogP contribution in [-0.4, -0.2) is 42.8 Å². The summed E-state index contributed by atoms with van der Waals surface area (Å²) in [5.74, 6) is -2.70. The van der Waals surface area contributed by atoms with E-state index in [-0.39, 0.29) is 17.6 Å². The van der Waals surface area contributed by atoms with Crippen molar-refractivity contribution in [2.45, 2.75) is 87.9 Å². The van der Waals surface area contributed by atoms with Crippen LogP contribution in [0.3, 0.4) is 0 Å². The molecule has 4 rings (SSSR count). The topological polar surface area (TPSA) is 105 Å². The SMILES string of the molecule is Cc1ccc(C2=C(C(=O)NS(=O)(=O)C3CC3)C(=O)NC(c3ncc(CCCCCCC(F)(F)F)s3)(C(F)(F)F)C2)cc1. The summed E-state index contributed by atoms with van der Waals surface area (Å²) in [7, 11) is -4.10. The maximum absolute atomic E-state index is 14.9. The van der Waals surface area contributed by atoms with Crippen molar-refractivity contribution < 1.29 is 44.3 Å². The molecule has 0 saturated heterocycles. The van der Waals surface area contributed by atoms with Crippen molar-refractivity contribution >= 4 is 38.7 Å². The number of hydrogen-bond donors (Lipinski definition) is 2. The number of nitrogens with zero attached hydrogens (tertiary/aromatic N) is 1. The molecule has 1 aromatic heterocycles. The lowest BCUT2D eigenvalue weighted by molar-refractivity contribution is -0.201. The van der Waals surface area contributed by atoms with E-state index in [1.807, 2.05) is 10.0 Å². The van der Waals surface area contributed by atoms with Crippen LogP contribution < -0.4 is 10.0 Å². The Morgan fingerprint density at radius 2 is 1.71 bits per heavy atom. The predicted molar refractivity (Wildman–Crippen MR) is 144 cm³/mol. The first-order valence-electron chi connectivity index (χ1n) is 13.3. The minimum absolute atomic E-state index is 0.0351. The Balaban J connectivity index is 1.64. The molecule has 1 aromatic carbocycles. The fourth-order valence-electron chi connectivity index (χ4n) is 4.69. The van der Waals surface area contributed by atoms with Crippen molar-refractivity contribution in [1.29, 1.82) is 0 Å². The van der Waals surface area contributed by atoms with Gasteiger partial charge in [-0.05, 0) is 50.2 Å². The average molecular weight is 638 g/mol. The van der Waals surface area contributed by atoms with Gasteiger partial charge in [0, 0.05) is 23.9 Å². The van der Waals surface area contributed by atoms with E-state index in [2.05, 4.69) is 4.98 Å². The number of hydrogen-bond acceptors (Lipinski definition) is 6. The summed E-state index contributed by atoms with van der Waals surface area (Å²) in [5.41, 5.74) is -3.08. The van der Waals surface area contributed by atoms with Gasteiger partial charge in [0.25, 0.3) is 11.8 Å². The zero-order chi connectivity index (χ0) is 30.9. The zero-order valence-electron chi connectivity index (χ0n) is 22.5. The van der Waals surface area contributed by atoms with E-state index in [4.69, 9.17) is 0 Å². The molecule has 7 nitrogen and oxygen atoms in total.